The number of ether oxygens (including phenoxy) is 1. The lowest BCUT2D eigenvalue weighted by atomic mass is 9.78. The summed E-state index contributed by atoms with van der Waals surface area (Å²) in [7, 11) is 0. The Kier molecular flexibility index (Phi) is 2.58. The van der Waals surface area contributed by atoms with Crippen molar-refractivity contribution < 1.29 is 9.13 Å². The number of nitrogens with one attached hydrogen (secondary N) is 1. The van der Waals surface area contributed by atoms with Gasteiger partial charge in [0.2, 0.25) is 0 Å². The van der Waals surface area contributed by atoms with E-state index in [0.717, 1.165) is 24.3 Å². The van der Waals surface area contributed by atoms with Crippen LogP contribution in [-0.4, -0.2) is 18.2 Å². The van der Waals surface area contributed by atoms with Gasteiger partial charge in [0, 0.05) is 24.1 Å². The Morgan fingerprint density at radius 1 is 1.47 bits per heavy atom. The number of hydrogen-bond donors (Lipinski definition) is 1. The van der Waals surface area contributed by atoms with Gasteiger partial charge in [-0.25, -0.2) is 4.39 Å². The Morgan fingerprint density at radius 2 is 2.29 bits per heavy atom. The fourth-order valence-electron chi connectivity index (χ4n) is 2.65. The van der Waals surface area contributed by atoms with Crippen LogP contribution in [0.1, 0.15) is 31.7 Å². The van der Waals surface area contributed by atoms with Gasteiger partial charge in [-0.3, -0.25) is 0 Å². The monoisotopic (exact) mass is 235 g/mol. The van der Waals surface area contributed by atoms with Crippen LogP contribution >= 0.6 is 0 Å². The van der Waals surface area contributed by atoms with Crippen LogP contribution in [0.15, 0.2) is 18.2 Å². The number of rotatable bonds is 3. The lowest BCUT2D eigenvalue weighted by Gasteiger charge is -2.40. The first-order valence-electron chi connectivity index (χ1n) is 6.35. The minimum Gasteiger partial charge on any atom is -0.488 e. The van der Waals surface area contributed by atoms with Crippen molar-refractivity contribution in [3.05, 3.63) is 29.6 Å². The van der Waals surface area contributed by atoms with Crippen LogP contribution in [0.5, 0.6) is 5.75 Å². The zero-order chi connectivity index (χ0) is 11.9. The van der Waals surface area contributed by atoms with Gasteiger partial charge in [-0.15, -0.1) is 0 Å². The van der Waals surface area contributed by atoms with Crippen molar-refractivity contribution in [2.75, 3.05) is 6.54 Å². The van der Waals surface area contributed by atoms with E-state index in [1.54, 1.807) is 12.1 Å². The van der Waals surface area contributed by atoms with Gasteiger partial charge in [0.15, 0.2) is 0 Å². The highest BCUT2D eigenvalue weighted by Gasteiger charge is 2.33. The molecule has 1 aromatic rings. The van der Waals surface area contributed by atoms with Crippen LogP contribution < -0.4 is 10.1 Å². The van der Waals surface area contributed by atoms with Gasteiger partial charge in [0.25, 0.3) is 0 Å². The molecular weight excluding hydrogens is 217 g/mol. The molecule has 3 heteroatoms. The number of benzene rings is 1. The molecule has 1 aliphatic carbocycles. The predicted octanol–water partition coefficient (Wildman–Crippen LogP) is 2.66. The molecule has 0 spiro atoms. The highest BCUT2D eigenvalue weighted by Crippen LogP contribution is 2.32. The smallest absolute Gasteiger partial charge is 0.123 e. The van der Waals surface area contributed by atoms with E-state index < -0.39 is 0 Å². The summed E-state index contributed by atoms with van der Waals surface area (Å²) in [5, 5.41) is 3.57. The molecule has 3 rings (SSSR count). The Bertz CT molecular complexity index is 428. The molecule has 0 radical (unpaired) electrons. The van der Waals surface area contributed by atoms with Gasteiger partial charge >= 0.3 is 0 Å². The van der Waals surface area contributed by atoms with Crippen LogP contribution in [0.4, 0.5) is 4.39 Å². The minimum absolute atomic E-state index is 0.157. The van der Waals surface area contributed by atoms with E-state index in [0.29, 0.717) is 5.54 Å². The number of hydrogen-bond acceptors (Lipinski definition) is 2. The fraction of sp³-hybridized carbons (Fsp3) is 0.571. The molecule has 1 unspecified atom stereocenters. The first-order valence-corrected chi connectivity index (χ1v) is 6.35. The maximum absolute atomic E-state index is 13.1. The molecule has 1 saturated carbocycles. The molecule has 0 saturated heterocycles. The Morgan fingerprint density at radius 3 is 3.00 bits per heavy atom. The third kappa shape index (κ3) is 2.16. The number of halogens is 1. The maximum atomic E-state index is 13.1. The zero-order valence-corrected chi connectivity index (χ0v) is 10.1. The van der Waals surface area contributed by atoms with Crippen LogP contribution in [0.2, 0.25) is 0 Å². The van der Waals surface area contributed by atoms with E-state index >= 15 is 0 Å². The van der Waals surface area contributed by atoms with E-state index in [4.69, 9.17) is 4.74 Å². The third-order valence-electron chi connectivity index (χ3n) is 3.98. The molecule has 17 heavy (non-hydrogen) atoms. The molecule has 1 N–H and O–H groups in total. The Balaban J connectivity index is 1.58. The molecule has 1 atom stereocenters. The van der Waals surface area contributed by atoms with Gasteiger partial charge in [-0.2, -0.15) is 0 Å². The Hall–Kier alpha value is -1.09. The summed E-state index contributed by atoms with van der Waals surface area (Å²) in [5.41, 5.74) is 1.30. The molecule has 1 aliphatic heterocycles. The average molecular weight is 235 g/mol. The van der Waals surface area contributed by atoms with Crippen molar-refractivity contribution in [3.8, 4) is 5.75 Å². The van der Waals surface area contributed by atoms with Crippen LogP contribution in [-0.2, 0) is 6.42 Å². The van der Waals surface area contributed by atoms with Crippen LogP contribution in [0, 0.1) is 5.82 Å². The van der Waals surface area contributed by atoms with Gasteiger partial charge in [0.1, 0.15) is 17.7 Å². The first kappa shape index (κ1) is 11.0. The molecule has 0 bridgehead atoms. The quantitative estimate of drug-likeness (QED) is 0.869. The predicted molar refractivity (Wildman–Crippen MR) is 64.8 cm³/mol. The van der Waals surface area contributed by atoms with E-state index in [1.807, 2.05) is 0 Å². The van der Waals surface area contributed by atoms with E-state index in [1.165, 1.54) is 25.3 Å². The second-order valence-corrected chi connectivity index (χ2v) is 5.49. The van der Waals surface area contributed by atoms with Crippen molar-refractivity contribution in [2.45, 2.75) is 44.2 Å². The topological polar surface area (TPSA) is 21.3 Å². The van der Waals surface area contributed by atoms with Gasteiger partial charge < -0.3 is 10.1 Å². The molecular formula is C14H18FNO. The lowest BCUT2D eigenvalue weighted by molar-refractivity contribution is 0.161. The summed E-state index contributed by atoms with van der Waals surface area (Å²) < 4.78 is 18.9. The molecule has 1 fully saturated rings. The summed E-state index contributed by atoms with van der Waals surface area (Å²) in [6, 6.07) is 4.78. The van der Waals surface area contributed by atoms with Gasteiger partial charge in [-0.1, -0.05) is 0 Å². The molecule has 1 aromatic carbocycles. The molecule has 1 heterocycles. The molecule has 0 aromatic heterocycles. The second kappa shape index (κ2) is 3.98. The molecule has 92 valence electrons. The Labute approximate surface area is 101 Å². The fourth-order valence-corrected chi connectivity index (χ4v) is 2.65. The second-order valence-electron chi connectivity index (χ2n) is 5.49. The van der Waals surface area contributed by atoms with Crippen LogP contribution in [0.25, 0.3) is 0 Å². The van der Waals surface area contributed by atoms with Gasteiger partial charge in [0.05, 0.1) is 0 Å². The molecule has 2 aliphatic rings. The lowest BCUT2D eigenvalue weighted by Crippen LogP contribution is -2.51. The van der Waals surface area contributed by atoms with Crippen molar-refractivity contribution in [1.82, 2.24) is 5.32 Å². The molecule has 0 amide bonds. The highest BCUT2D eigenvalue weighted by molar-refractivity contribution is 5.37. The third-order valence-corrected chi connectivity index (χ3v) is 3.98. The highest BCUT2D eigenvalue weighted by atomic mass is 19.1. The summed E-state index contributed by atoms with van der Waals surface area (Å²) in [6.07, 6.45) is 4.79. The maximum Gasteiger partial charge on any atom is 0.123 e. The number of fused-ring (bicyclic) bond motifs is 1. The summed E-state index contributed by atoms with van der Waals surface area (Å²) in [4.78, 5) is 0. The summed E-state index contributed by atoms with van der Waals surface area (Å²) in [6.45, 7) is 3.12. The largest absolute Gasteiger partial charge is 0.488 e. The SMILES string of the molecule is CC1(NCC2Cc3cc(F)ccc3O2)CCC1. The minimum atomic E-state index is -0.174. The summed E-state index contributed by atoms with van der Waals surface area (Å²) in [5.74, 6) is 0.670. The van der Waals surface area contributed by atoms with E-state index in [9.17, 15) is 4.39 Å². The normalized spacial score (nSPS) is 24.9. The standard InChI is InChI=1S/C14H18FNO/c1-14(5-2-6-14)16-9-12-8-10-7-11(15)3-4-13(10)17-12/h3-4,7,12,16H,2,5-6,8-9H2,1H3. The van der Waals surface area contributed by atoms with Crippen LogP contribution in [0.3, 0.4) is 0 Å². The van der Waals surface area contributed by atoms with Crippen molar-refractivity contribution in [3.63, 3.8) is 0 Å². The zero-order valence-electron chi connectivity index (χ0n) is 10.1. The van der Waals surface area contributed by atoms with Gasteiger partial charge in [-0.05, 0) is 44.4 Å². The average Bonchev–Trinajstić information content (AvgIpc) is 2.65. The van der Waals surface area contributed by atoms with E-state index in [2.05, 4.69) is 12.2 Å². The molecule has 2 nitrogen and oxygen atoms in total. The van der Waals surface area contributed by atoms with E-state index in [-0.39, 0.29) is 11.9 Å². The summed E-state index contributed by atoms with van der Waals surface area (Å²) >= 11 is 0. The van der Waals surface area contributed by atoms with Crippen molar-refractivity contribution in [2.24, 2.45) is 0 Å². The van der Waals surface area contributed by atoms with Crippen molar-refractivity contribution in [1.29, 1.82) is 0 Å². The van der Waals surface area contributed by atoms with Crippen molar-refractivity contribution >= 4 is 0 Å². The first-order chi connectivity index (χ1) is 8.15.